The van der Waals surface area contributed by atoms with E-state index in [1.165, 1.54) is 0 Å². The molecule has 3 aromatic rings. The quantitative estimate of drug-likeness (QED) is 0.671. The van der Waals surface area contributed by atoms with Crippen molar-refractivity contribution < 1.29 is 14.3 Å². The second kappa shape index (κ2) is 7.92. The molecule has 8 nitrogen and oxygen atoms in total. The van der Waals surface area contributed by atoms with E-state index in [0.29, 0.717) is 10.8 Å². The Bertz CT molecular complexity index is 1040. The number of amides is 2. The molecule has 2 atom stereocenters. The highest BCUT2D eigenvalue weighted by molar-refractivity contribution is 6.30. The number of anilines is 2. The van der Waals surface area contributed by atoms with Crippen molar-refractivity contribution in [3.63, 3.8) is 0 Å². The van der Waals surface area contributed by atoms with Crippen LogP contribution in [0.5, 0.6) is 5.75 Å². The first-order valence-electron chi connectivity index (χ1n) is 9.04. The Balaban J connectivity index is 1.51. The van der Waals surface area contributed by atoms with E-state index in [4.69, 9.17) is 16.3 Å². The molecule has 0 radical (unpaired) electrons. The first kappa shape index (κ1) is 18.9. The number of nitrogens with one attached hydrogen (secondary N) is 2. The molecule has 0 saturated carbocycles. The molecule has 0 bridgehead atoms. The molecule has 1 aliphatic heterocycles. The van der Waals surface area contributed by atoms with E-state index in [1.54, 1.807) is 35.9 Å². The zero-order valence-corrected chi connectivity index (χ0v) is 16.3. The fourth-order valence-electron chi connectivity index (χ4n) is 3.03. The van der Waals surface area contributed by atoms with Crippen LogP contribution in [0.3, 0.4) is 0 Å². The largest absolute Gasteiger partial charge is 0.481 e. The van der Waals surface area contributed by atoms with Gasteiger partial charge in [0.1, 0.15) is 5.75 Å². The zero-order chi connectivity index (χ0) is 20.4. The van der Waals surface area contributed by atoms with E-state index in [2.05, 4.69) is 20.7 Å². The number of ether oxygens (including phenoxy) is 1. The molecule has 0 spiro atoms. The Morgan fingerprint density at radius 3 is 2.69 bits per heavy atom. The topological polar surface area (TPSA) is 98.1 Å². The normalized spacial score (nSPS) is 16.5. The molecule has 1 aromatic heterocycles. The number of aromatic nitrogens is 3. The third kappa shape index (κ3) is 4.22. The standard InChI is InChI=1S/C20H18ClN5O3/c1-12(29-15-5-3-2-4-6-15)18(28)23-19-24-20-22-17(27)11-16(26(20)25-19)13-7-9-14(21)10-8-13/h2-10,12,16H,11H2,1H3,(H2,22,23,24,25,27,28). The summed E-state index contributed by atoms with van der Waals surface area (Å²) in [4.78, 5) is 28.8. The number of carbonyl (C=O) groups excluding carboxylic acids is 2. The minimum Gasteiger partial charge on any atom is -0.481 e. The fourth-order valence-corrected chi connectivity index (χ4v) is 3.16. The Morgan fingerprint density at radius 2 is 1.97 bits per heavy atom. The summed E-state index contributed by atoms with van der Waals surface area (Å²) in [5, 5.41) is 10.3. The molecular weight excluding hydrogens is 394 g/mol. The lowest BCUT2D eigenvalue weighted by Crippen LogP contribution is -2.30. The van der Waals surface area contributed by atoms with Crippen LogP contribution in [-0.2, 0) is 9.59 Å². The van der Waals surface area contributed by atoms with Crippen molar-refractivity contribution in [2.24, 2.45) is 0 Å². The van der Waals surface area contributed by atoms with Crippen LogP contribution in [0.25, 0.3) is 0 Å². The summed E-state index contributed by atoms with van der Waals surface area (Å²) in [5.74, 6) is 0.375. The van der Waals surface area contributed by atoms with Gasteiger partial charge in [-0.05, 0) is 36.8 Å². The molecule has 2 heterocycles. The van der Waals surface area contributed by atoms with Crippen LogP contribution in [0.2, 0.25) is 5.02 Å². The lowest BCUT2D eigenvalue weighted by molar-refractivity contribution is -0.122. The van der Waals surface area contributed by atoms with E-state index in [0.717, 1.165) is 5.56 Å². The van der Waals surface area contributed by atoms with Crippen LogP contribution >= 0.6 is 11.6 Å². The van der Waals surface area contributed by atoms with Crippen LogP contribution in [-0.4, -0.2) is 32.7 Å². The molecule has 29 heavy (non-hydrogen) atoms. The molecule has 0 aliphatic carbocycles. The fraction of sp³-hybridized carbons (Fsp3) is 0.200. The van der Waals surface area contributed by atoms with Gasteiger partial charge in [-0.15, -0.1) is 5.10 Å². The van der Waals surface area contributed by atoms with Crippen molar-refractivity contribution in [1.82, 2.24) is 14.8 Å². The number of halogens is 1. The number of para-hydroxylation sites is 1. The van der Waals surface area contributed by atoms with Crippen LogP contribution in [0, 0.1) is 0 Å². The van der Waals surface area contributed by atoms with E-state index in [9.17, 15) is 9.59 Å². The number of nitrogens with zero attached hydrogens (tertiary/aromatic N) is 3. The lowest BCUT2D eigenvalue weighted by atomic mass is 10.0. The van der Waals surface area contributed by atoms with Gasteiger partial charge in [-0.1, -0.05) is 41.9 Å². The van der Waals surface area contributed by atoms with Crippen molar-refractivity contribution in [1.29, 1.82) is 0 Å². The summed E-state index contributed by atoms with van der Waals surface area (Å²) in [5.41, 5.74) is 0.869. The van der Waals surface area contributed by atoms with Gasteiger partial charge >= 0.3 is 0 Å². The molecule has 4 rings (SSSR count). The van der Waals surface area contributed by atoms with E-state index < -0.39 is 12.0 Å². The Kier molecular flexibility index (Phi) is 5.18. The number of hydrogen-bond acceptors (Lipinski definition) is 5. The summed E-state index contributed by atoms with van der Waals surface area (Å²) in [7, 11) is 0. The SMILES string of the molecule is CC(Oc1ccccc1)C(=O)Nc1nc2n(n1)C(c1ccc(Cl)cc1)CC(=O)N2. The molecule has 2 unspecified atom stereocenters. The Hall–Kier alpha value is -3.39. The van der Waals surface area contributed by atoms with Gasteiger partial charge in [0.2, 0.25) is 11.9 Å². The number of benzene rings is 2. The highest BCUT2D eigenvalue weighted by Crippen LogP contribution is 2.30. The van der Waals surface area contributed by atoms with Crippen molar-refractivity contribution in [2.45, 2.75) is 25.5 Å². The zero-order valence-electron chi connectivity index (χ0n) is 15.5. The summed E-state index contributed by atoms with van der Waals surface area (Å²) in [6, 6.07) is 15.9. The monoisotopic (exact) mass is 411 g/mol. The average molecular weight is 412 g/mol. The second-order valence-corrected chi connectivity index (χ2v) is 7.02. The maximum atomic E-state index is 12.5. The number of carbonyl (C=O) groups is 2. The van der Waals surface area contributed by atoms with Gasteiger partial charge in [0.05, 0.1) is 12.5 Å². The second-order valence-electron chi connectivity index (χ2n) is 6.59. The predicted molar refractivity (Wildman–Crippen MR) is 108 cm³/mol. The van der Waals surface area contributed by atoms with Crippen molar-refractivity contribution in [3.05, 3.63) is 65.2 Å². The molecular formula is C20H18ClN5O3. The Labute approximate surface area is 171 Å². The van der Waals surface area contributed by atoms with E-state index in [1.807, 2.05) is 30.3 Å². The first-order chi connectivity index (χ1) is 14.0. The number of rotatable bonds is 5. The van der Waals surface area contributed by atoms with Gasteiger partial charge in [0.25, 0.3) is 11.9 Å². The molecule has 2 aromatic carbocycles. The highest BCUT2D eigenvalue weighted by atomic mass is 35.5. The highest BCUT2D eigenvalue weighted by Gasteiger charge is 2.30. The summed E-state index contributed by atoms with van der Waals surface area (Å²) in [6.45, 7) is 1.64. The van der Waals surface area contributed by atoms with Crippen LogP contribution in [0.15, 0.2) is 54.6 Å². The summed E-state index contributed by atoms with van der Waals surface area (Å²) in [6.07, 6.45) is -0.543. The maximum absolute atomic E-state index is 12.5. The van der Waals surface area contributed by atoms with Gasteiger partial charge in [-0.3, -0.25) is 20.2 Å². The summed E-state index contributed by atoms with van der Waals surface area (Å²) >= 11 is 5.96. The molecule has 0 saturated heterocycles. The van der Waals surface area contributed by atoms with Crippen molar-refractivity contribution in [2.75, 3.05) is 10.6 Å². The smallest absolute Gasteiger partial charge is 0.267 e. The molecule has 148 valence electrons. The molecule has 0 fully saturated rings. The van der Waals surface area contributed by atoms with Gasteiger partial charge in [0.15, 0.2) is 6.10 Å². The van der Waals surface area contributed by atoms with Gasteiger partial charge in [-0.2, -0.15) is 4.98 Å². The van der Waals surface area contributed by atoms with Gasteiger partial charge in [-0.25, -0.2) is 4.68 Å². The minimum atomic E-state index is -0.750. The molecule has 9 heteroatoms. The van der Waals surface area contributed by atoms with E-state index >= 15 is 0 Å². The average Bonchev–Trinajstić information content (AvgIpc) is 3.10. The summed E-state index contributed by atoms with van der Waals surface area (Å²) < 4.78 is 7.20. The number of fused-ring (bicyclic) bond motifs is 1. The third-order valence-electron chi connectivity index (χ3n) is 4.47. The predicted octanol–water partition coefficient (Wildman–Crippen LogP) is 3.27. The third-order valence-corrected chi connectivity index (χ3v) is 4.72. The van der Waals surface area contributed by atoms with Crippen LogP contribution in [0.1, 0.15) is 24.9 Å². The van der Waals surface area contributed by atoms with Crippen molar-refractivity contribution >= 4 is 35.3 Å². The molecule has 2 amide bonds. The van der Waals surface area contributed by atoms with Crippen LogP contribution in [0.4, 0.5) is 11.9 Å². The molecule has 1 aliphatic rings. The minimum absolute atomic E-state index is 0.0923. The van der Waals surface area contributed by atoms with Crippen LogP contribution < -0.4 is 15.4 Å². The molecule has 2 N–H and O–H groups in total. The maximum Gasteiger partial charge on any atom is 0.267 e. The van der Waals surface area contributed by atoms with Gasteiger partial charge < -0.3 is 4.74 Å². The Morgan fingerprint density at radius 1 is 1.24 bits per heavy atom. The number of hydrogen-bond donors (Lipinski definition) is 2. The van der Waals surface area contributed by atoms with Gasteiger partial charge in [0, 0.05) is 5.02 Å². The first-order valence-corrected chi connectivity index (χ1v) is 9.42. The van der Waals surface area contributed by atoms with E-state index in [-0.39, 0.29) is 30.3 Å². The lowest BCUT2D eigenvalue weighted by Gasteiger charge is -2.23. The van der Waals surface area contributed by atoms with Crippen molar-refractivity contribution in [3.8, 4) is 5.75 Å².